The van der Waals surface area contributed by atoms with Crippen molar-refractivity contribution >= 4 is 17.7 Å². The summed E-state index contributed by atoms with van der Waals surface area (Å²) in [7, 11) is 0. The first-order valence-electron chi connectivity index (χ1n) is 17.1. The summed E-state index contributed by atoms with van der Waals surface area (Å²) in [5.74, 6) is -2.11. The third-order valence-corrected chi connectivity index (χ3v) is 9.49. The average Bonchev–Trinajstić information content (AvgIpc) is 3.12. The first-order valence-corrected chi connectivity index (χ1v) is 17.1. The van der Waals surface area contributed by atoms with E-state index >= 15 is 0 Å². The Morgan fingerprint density at radius 1 is 0.500 bits per heavy atom. The molecule has 4 aliphatic rings. The maximum atomic E-state index is 12.3. The van der Waals surface area contributed by atoms with E-state index in [1.165, 1.54) is 0 Å². The van der Waals surface area contributed by atoms with Crippen LogP contribution >= 0.6 is 0 Å². The molecule has 4 saturated heterocycles. The fourth-order valence-corrected chi connectivity index (χ4v) is 6.81. The highest BCUT2D eigenvalue weighted by Gasteiger charge is 2.56. The van der Waals surface area contributed by atoms with Crippen molar-refractivity contribution < 1.29 is 98.6 Å². The molecule has 312 valence electrons. The summed E-state index contributed by atoms with van der Waals surface area (Å²) in [5.41, 5.74) is 5.98. The number of nitrogens with one attached hydrogen (secondary N) is 3. The average molecular weight is 789 g/mol. The fraction of sp³-hybridized carbons (Fsp3) is 0.900. The largest absolute Gasteiger partial charge is 0.394 e. The molecule has 0 radical (unpaired) electrons. The number of carbonyl (C=O) groups is 3. The maximum absolute atomic E-state index is 12.3. The summed E-state index contributed by atoms with van der Waals surface area (Å²) in [6, 6.07) is -6.00. The first kappa shape index (κ1) is 44.4. The molecule has 4 aliphatic heterocycles. The van der Waals surface area contributed by atoms with Crippen LogP contribution in [-0.4, -0.2) is 218 Å². The minimum Gasteiger partial charge on any atom is -0.394 e. The van der Waals surface area contributed by atoms with Crippen molar-refractivity contribution in [3.05, 3.63) is 0 Å². The number of nitrogens with two attached hydrogens (primary N) is 1. The van der Waals surface area contributed by atoms with Crippen LogP contribution in [0, 0.1) is 0 Å². The lowest BCUT2D eigenvalue weighted by molar-refractivity contribution is -0.361. The van der Waals surface area contributed by atoms with Gasteiger partial charge in [-0.25, -0.2) is 0 Å². The molecule has 4 heterocycles. The summed E-state index contributed by atoms with van der Waals surface area (Å²) in [6.45, 7) is -0.0467. The molecule has 4 rings (SSSR count). The Morgan fingerprint density at radius 3 is 1.22 bits per heavy atom. The quantitative estimate of drug-likeness (QED) is 0.0824. The van der Waals surface area contributed by atoms with Crippen LogP contribution in [0.5, 0.6) is 0 Å². The third-order valence-electron chi connectivity index (χ3n) is 9.49. The Labute approximate surface area is 308 Å². The van der Waals surface area contributed by atoms with Crippen molar-refractivity contribution in [2.45, 2.75) is 143 Å². The van der Waals surface area contributed by atoms with Crippen LogP contribution in [0.15, 0.2) is 0 Å². The number of hydrogen-bond donors (Lipinski definition) is 14. The van der Waals surface area contributed by atoms with Crippen LogP contribution in [0.4, 0.5) is 0 Å². The minimum atomic E-state index is -1.87. The van der Waals surface area contributed by atoms with E-state index in [0.717, 1.165) is 20.8 Å². The van der Waals surface area contributed by atoms with E-state index in [1.807, 2.05) is 0 Å². The Bertz CT molecular complexity index is 1260. The molecule has 3 amide bonds. The zero-order valence-corrected chi connectivity index (χ0v) is 29.5. The Kier molecular flexibility index (Phi) is 15.8. The van der Waals surface area contributed by atoms with Crippen LogP contribution in [-0.2, 0) is 47.5 Å². The molecule has 20 atom stereocenters. The van der Waals surface area contributed by atoms with Crippen molar-refractivity contribution in [3.8, 4) is 0 Å². The van der Waals surface area contributed by atoms with Gasteiger partial charge >= 0.3 is 0 Å². The monoisotopic (exact) mass is 788 g/mol. The number of ether oxygens (including phenoxy) is 7. The molecule has 0 spiro atoms. The van der Waals surface area contributed by atoms with Gasteiger partial charge in [0.25, 0.3) is 0 Å². The van der Waals surface area contributed by atoms with Gasteiger partial charge in [-0.3, -0.25) is 14.4 Å². The highest BCUT2D eigenvalue weighted by atomic mass is 16.8. The van der Waals surface area contributed by atoms with E-state index in [2.05, 4.69) is 16.0 Å². The molecule has 0 aromatic heterocycles. The molecular formula is C30H52N4O20. The van der Waals surface area contributed by atoms with Gasteiger partial charge in [-0.2, -0.15) is 0 Å². The summed E-state index contributed by atoms with van der Waals surface area (Å²) >= 11 is 0. The Morgan fingerprint density at radius 2 is 0.833 bits per heavy atom. The molecule has 0 saturated carbocycles. The molecule has 2 unspecified atom stereocenters. The van der Waals surface area contributed by atoms with Gasteiger partial charge in [0.2, 0.25) is 17.7 Å². The molecule has 24 nitrogen and oxygen atoms in total. The second-order valence-corrected chi connectivity index (χ2v) is 13.4. The molecule has 0 aromatic rings. The standard InChI is InChI=1S/C30H52N4O20/c1-8(39)32-16-21(44)24(12(5-36)48-27(16)47)53-29-18(34-10(3)41)23(46)26(14(7-38)51-29)54-30-17(33-9(2)40)22(45)25(13(6-37)50-30)52-28-15(31)20(43)19(42)11(4-35)49-28/h11-30,35-38,42-47H,4-7,31H2,1-3H3,(H,32,39)(H,33,40)(H,34,41)/t11-,12-,13+,14-,15-,16-,17-,18-,19-,20-,21?,22?,23-,24-,25-,26-,27-,28+,29+,30+/m1/s1. The van der Waals surface area contributed by atoms with Crippen LogP contribution < -0.4 is 21.7 Å². The van der Waals surface area contributed by atoms with E-state index in [1.54, 1.807) is 0 Å². The van der Waals surface area contributed by atoms with E-state index in [4.69, 9.17) is 38.9 Å². The van der Waals surface area contributed by atoms with E-state index in [0.29, 0.717) is 0 Å². The van der Waals surface area contributed by atoms with Gasteiger partial charge in [0.1, 0.15) is 91.4 Å². The minimum absolute atomic E-state index is 0.655. The molecule has 0 bridgehead atoms. The highest BCUT2D eigenvalue weighted by molar-refractivity contribution is 5.74. The Balaban J connectivity index is 1.59. The van der Waals surface area contributed by atoms with Crippen molar-refractivity contribution in [3.63, 3.8) is 0 Å². The van der Waals surface area contributed by atoms with E-state index in [-0.39, 0.29) is 0 Å². The second kappa shape index (κ2) is 19.2. The zero-order valence-electron chi connectivity index (χ0n) is 29.5. The fourth-order valence-electron chi connectivity index (χ4n) is 6.81. The number of amides is 3. The molecule has 0 aromatic carbocycles. The summed E-state index contributed by atoms with van der Waals surface area (Å²) in [5, 5.41) is 112. The van der Waals surface area contributed by atoms with Crippen molar-refractivity contribution in [2.75, 3.05) is 26.4 Å². The molecule has 4 fully saturated rings. The molecule has 0 aliphatic carbocycles. The Hall–Kier alpha value is -2.31. The summed E-state index contributed by atoms with van der Waals surface area (Å²) in [6.07, 6.45) is -26.1. The van der Waals surface area contributed by atoms with Gasteiger partial charge in [-0.15, -0.1) is 0 Å². The summed E-state index contributed by atoms with van der Waals surface area (Å²) < 4.78 is 40.3. The normalized spacial score (nSPS) is 45.7. The number of carbonyl (C=O) groups excluding carboxylic acids is 3. The zero-order chi connectivity index (χ0) is 40.2. The second-order valence-electron chi connectivity index (χ2n) is 13.4. The van der Waals surface area contributed by atoms with Gasteiger partial charge in [0, 0.05) is 20.8 Å². The van der Waals surface area contributed by atoms with Crippen LogP contribution in [0.25, 0.3) is 0 Å². The van der Waals surface area contributed by atoms with Gasteiger partial charge < -0.3 is 106 Å². The van der Waals surface area contributed by atoms with Gasteiger partial charge in [0.05, 0.1) is 32.5 Å². The van der Waals surface area contributed by atoms with Crippen LogP contribution in [0.2, 0.25) is 0 Å². The molecule has 24 heteroatoms. The lowest BCUT2D eigenvalue weighted by atomic mass is 9.93. The SMILES string of the molecule is CC(=O)N[C@H]1[C@H](O[C@H]2C(O)[C@@H](NC(C)=O)[C@H](O)O[C@@H]2CO)O[C@H](CO)[C@@H](O[C@@H]2O[C@@H](CO)[C@@H](O[C@@H]3O[C@H](CO)[C@@H](O)[C@H](O)[C@H]3N)C(O)[C@H]2NC(C)=O)[C@@H]1O. The smallest absolute Gasteiger partial charge is 0.217 e. The molecular weight excluding hydrogens is 736 g/mol. The first-order chi connectivity index (χ1) is 25.5. The van der Waals surface area contributed by atoms with E-state index < -0.39 is 167 Å². The van der Waals surface area contributed by atoms with Crippen LogP contribution in [0.1, 0.15) is 20.8 Å². The lowest BCUT2D eigenvalue weighted by Crippen LogP contribution is -2.71. The number of aliphatic hydroxyl groups excluding tert-OH is 10. The number of aliphatic hydroxyl groups is 10. The molecule has 54 heavy (non-hydrogen) atoms. The van der Waals surface area contributed by atoms with Crippen molar-refractivity contribution in [2.24, 2.45) is 5.73 Å². The third kappa shape index (κ3) is 9.79. The van der Waals surface area contributed by atoms with Crippen molar-refractivity contribution in [1.82, 2.24) is 16.0 Å². The van der Waals surface area contributed by atoms with Crippen LogP contribution in [0.3, 0.4) is 0 Å². The highest BCUT2D eigenvalue weighted by Crippen LogP contribution is 2.34. The predicted molar refractivity (Wildman–Crippen MR) is 171 cm³/mol. The van der Waals surface area contributed by atoms with Gasteiger partial charge in [0.15, 0.2) is 25.2 Å². The number of rotatable bonds is 13. The van der Waals surface area contributed by atoms with Crippen molar-refractivity contribution in [1.29, 1.82) is 0 Å². The van der Waals surface area contributed by atoms with Gasteiger partial charge in [-0.1, -0.05) is 0 Å². The topological polar surface area (TPSA) is 380 Å². The predicted octanol–water partition coefficient (Wildman–Crippen LogP) is -9.35. The maximum Gasteiger partial charge on any atom is 0.217 e. The van der Waals surface area contributed by atoms with Gasteiger partial charge in [-0.05, 0) is 0 Å². The van der Waals surface area contributed by atoms with E-state index in [9.17, 15) is 65.4 Å². The summed E-state index contributed by atoms with van der Waals surface area (Å²) in [4.78, 5) is 36.3. The molecule has 15 N–H and O–H groups in total. The lowest BCUT2D eigenvalue weighted by Gasteiger charge is -2.50. The number of hydrogen-bond acceptors (Lipinski definition) is 21.